The first-order valence-electron chi connectivity index (χ1n) is 3.17. The molecule has 1 aromatic rings. The third kappa shape index (κ3) is 15.7. The van der Waals surface area contributed by atoms with Crippen molar-refractivity contribution in [3.8, 4) is 0 Å². The van der Waals surface area contributed by atoms with E-state index in [4.69, 9.17) is 0 Å². The van der Waals surface area contributed by atoms with E-state index in [9.17, 15) is 0 Å². The van der Waals surface area contributed by atoms with Gasteiger partial charge in [-0.3, -0.25) is 0 Å². The van der Waals surface area contributed by atoms with Gasteiger partial charge in [-0.1, -0.05) is 0 Å². The summed E-state index contributed by atoms with van der Waals surface area (Å²) >= 11 is 0. The first-order chi connectivity index (χ1) is 4.23. The second-order valence-corrected chi connectivity index (χ2v) is 2.46. The zero-order chi connectivity index (χ0) is 7.11. The summed E-state index contributed by atoms with van der Waals surface area (Å²) in [4.78, 5) is 0. The molecule has 0 saturated heterocycles. The van der Waals surface area contributed by atoms with E-state index in [1.807, 2.05) is 30.3 Å². The van der Waals surface area contributed by atoms with Crippen LogP contribution < -0.4 is 0 Å². The topological polar surface area (TPSA) is 0 Å². The van der Waals surface area contributed by atoms with Crippen molar-refractivity contribution in [3.63, 3.8) is 0 Å². The first kappa shape index (κ1) is 12.5. The van der Waals surface area contributed by atoms with Crippen molar-refractivity contribution in [2.45, 2.75) is 20.8 Å². The van der Waals surface area contributed by atoms with E-state index in [0.717, 1.165) is 0 Å². The average Bonchev–Trinajstić information content (AvgIpc) is 2.11. The van der Waals surface area contributed by atoms with Gasteiger partial charge in [0.15, 0.2) is 0 Å². The Morgan fingerprint density at radius 3 is 1.40 bits per heavy atom. The summed E-state index contributed by atoms with van der Waals surface area (Å²) in [5.74, 6) is 1.42. The van der Waals surface area contributed by atoms with Crippen LogP contribution in [0.4, 0.5) is 0 Å². The second kappa shape index (κ2) is 8.87. The minimum atomic E-state index is 0. The monoisotopic (exact) mass is 185 g/mol. The van der Waals surface area contributed by atoms with Crippen molar-refractivity contribution < 1.29 is 17.1 Å². The van der Waals surface area contributed by atoms with Gasteiger partial charge in [0, 0.05) is 0 Å². The molecule has 1 rings (SSSR count). The Hall–Kier alpha value is -0.131. The molecule has 1 radical (unpaired) electrons. The quantitative estimate of drug-likeness (QED) is 0.431. The molecule has 0 aliphatic carbocycles. The van der Waals surface area contributed by atoms with Crippen LogP contribution >= 0.6 is 0 Å². The molecule has 0 aliphatic heterocycles. The number of hydrogen-bond acceptors (Lipinski definition) is 0. The molecule has 0 saturated carbocycles. The maximum Gasteiger partial charge on any atom is 2.00 e. The van der Waals surface area contributed by atoms with Crippen molar-refractivity contribution in [2.75, 3.05) is 0 Å². The number of rotatable bonds is 0. The Kier molecular flexibility index (Phi) is 11.1. The van der Waals surface area contributed by atoms with Gasteiger partial charge in [-0.15, -0.1) is 0 Å². The van der Waals surface area contributed by atoms with Gasteiger partial charge in [0.05, 0.1) is 0 Å². The standard InChI is InChI=1S/C5H5.C4H9.Cu/c1-2-4-5-3-1;1-4(2)3;/h1-5H;1-3H3;/q2*-1;+2. The van der Waals surface area contributed by atoms with Gasteiger partial charge in [0.1, 0.15) is 0 Å². The molecule has 1 heteroatoms. The van der Waals surface area contributed by atoms with Crippen LogP contribution in [-0.4, -0.2) is 0 Å². The van der Waals surface area contributed by atoms with Gasteiger partial charge in [-0.2, -0.15) is 39.0 Å². The van der Waals surface area contributed by atoms with Crippen molar-refractivity contribution in [1.82, 2.24) is 0 Å². The summed E-state index contributed by atoms with van der Waals surface area (Å²) in [5.41, 5.74) is 0. The Balaban J connectivity index is 0. The Morgan fingerprint density at radius 1 is 1.00 bits per heavy atom. The molecule has 0 aliphatic rings. The van der Waals surface area contributed by atoms with Gasteiger partial charge in [-0.05, 0) is 0 Å². The Bertz CT molecular complexity index is 88.3. The van der Waals surface area contributed by atoms with Crippen LogP contribution in [0.3, 0.4) is 0 Å². The third-order valence-electron chi connectivity index (χ3n) is 0.556. The van der Waals surface area contributed by atoms with Crippen LogP contribution in [0.2, 0.25) is 0 Å². The summed E-state index contributed by atoms with van der Waals surface area (Å²) < 4.78 is 0. The van der Waals surface area contributed by atoms with Gasteiger partial charge >= 0.3 is 17.1 Å². The zero-order valence-electron chi connectivity index (χ0n) is 6.69. The molecular formula is C9H14Cu. The van der Waals surface area contributed by atoms with Crippen LogP contribution in [0.15, 0.2) is 30.3 Å². The van der Waals surface area contributed by atoms with Gasteiger partial charge in [0.25, 0.3) is 0 Å². The van der Waals surface area contributed by atoms with E-state index in [1.165, 1.54) is 5.92 Å². The molecule has 0 fully saturated rings. The Morgan fingerprint density at radius 2 is 1.30 bits per heavy atom. The van der Waals surface area contributed by atoms with Crippen molar-refractivity contribution >= 4 is 0 Å². The molecule has 0 N–H and O–H groups in total. The van der Waals surface area contributed by atoms with Gasteiger partial charge < -0.3 is 5.92 Å². The molecule has 1 aromatic carbocycles. The molecule has 0 nitrogen and oxygen atoms in total. The van der Waals surface area contributed by atoms with Gasteiger partial charge in [-0.25, -0.2) is 12.1 Å². The van der Waals surface area contributed by atoms with Crippen LogP contribution in [-0.2, 0) is 17.1 Å². The fourth-order valence-corrected chi connectivity index (χ4v) is 0.321. The molecule has 0 aromatic heterocycles. The SMILES string of the molecule is C[C-](C)C.[Cu+2].c1cc[cH-]c1. The van der Waals surface area contributed by atoms with Crippen LogP contribution in [0.1, 0.15) is 20.8 Å². The van der Waals surface area contributed by atoms with Crippen molar-refractivity contribution in [3.05, 3.63) is 36.2 Å². The maximum absolute atomic E-state index is 2.08. The summed E-state index contributed by atoms with van der Waals surface area (Å²) in [6, 6.07) is 10.0. The van der Waals surface area contributed by atoms with E-state index in [1.54, 1.807) is 0 Å². The van der Waals surface area contributed by atoms with E-state index >= 15 is 0 Å². The van der Waals surface area contributed by atoms with E-state index in [2.05, 4.69) is 20.8 Å². The number of hydrogen-bond donors (Lipinski definition) is 0. The molecule has 0 atom stereocenters. The van der Waals surface area contributed by atoms with Crippen LogP contribution in [0.5, 0.6) is 0 Å². The van der Waals surface area contributed by atoms with E-state index in [0.29, 0.717) is 0 Å². The second-order valence-electron chi connectivity index (χ2n) is 2.46. The maximum atomic E-state index is 2.08. The molecule has 0 spiro atoms. The fourth-order valence-electron chi connectivity index (χ4n) is 0.321. The summed E-state index contributed by atoms with van der Waals surface area (Å²) in [5, 5.41) is 0. The summed E-state index contributed by atoms with van der Waals surface area (Å²) in [7, 11) is 0. The molecule has 0 unspecified atom stereocenters. The molecule has 0 heterocycles. The van der Waals surface area contributed by atoms with Gasteiger partial charge in [0.2, 0.25) is 0 Å². The molecule has 10 heavy (non-hydrogen) atoms. The molecule has 61 valence electrons. The minimum absolute atomic E-state index is 0. The summed E-state index contributed by atoms with van der Waals surface area (Å²) in [6.07, 6.45) is 0. The van der Waals surface area contributed by atoms with Crippen LogP contribution in [0.25, 0.3) is 0 Å². The average molecular weight is 186 g/mol. The first-order valence-corrected chi connectivity index (χ1v) is 3.17. The Labute approximate surface area is 74.5 Å². The third-order valence-corrected chi connectivity index (χ3v) is 0.556. The zero-order valence-corrected chi connectivity index (χ0v) is 7.63. The van der Waals surface area contributed by atoms with E-state index in [-0.39, 0.29) is 17.1 Å². The molecule has 0 amide bonds. The molecule has 0 bridgehead atoms. The fraction of sp³-hybridized carbons (Fsp3) is 0.333. The normalized spacial score (nSPS) is 7.60. The predicted molar refractivity (Wildman–Crippen MR) is 42.3 cm³/mol. The predicted octanol–water partition coefficient (Wildman–Crippen LogP) is 3.02. The molecular weight excluding hydrogens is 172 g/mol. The largest absolute Gasteiger partial charge is 2.00 e. The minimum Gasteiger partial charge on any atom is -0.323 e. The van der Waals surface area contributed by atoms with Crippen molar-refractivity contribution in [2.24, 2.45) is 0 Å². The van der Waals surface area contributed by atoms with Crippen LogP contribution in [0, 0.1) is 5.92 Å². The van der Waals surface area contributed by atoms with Crippen molar-refractivity contribution in [1.29, 1.82) is 0 Å². The van der Waals surface area contributed by atoms with E-state index < -0.39 is 0 Å². The smallest absolute Gasteiger partial charge is 0.323 e. The summed E-state index contributed by atoms with van der Waals surface area (Å²) in [6.45, 7) is 6.25.